The van der Waals surface area contributed by atoms with E-state index in [1.807, 2.05) is 0 Å². The molecule has 0 saturated heterocycles. The maximum Gasteiger partial charge on any atom is 0.315 e. The van der Waals surface area contributed by atoms with Crippen molar-refractivity contribution >= 4 is 104 Å². The van der Waals surface area contributed by atoms with Gasteiger partial charge >= 0.3 is 6.08 Å². The number of nitrogens with zero attached hydrogens (tertiary/aromatic N) is 6. The van der Waals surface area contributed by atoms with E-state index in [0.29, 0.717) is 12.1 Å². The summed E-state index contributed by atoms with van der Waals surface area (Å²) in [5, 5.41) is 43.7. The molecule has 0 fully saturated rings. The molecule has 318 valence electrons. The monoisotopic (exact) mass is 939 g/mol. The normalized spacial score (nSPS) is 12.8. The molecule has 4 rings (SSSR count). The van der Waals surface area contributed by atoms with Crippen molar-refractivity contribution in [1.29, 1.82) is 0 Å². The molecule has 4 aromatic rings. The summed E-state index contributed by atoms with van der Waals surface area (Å²) in [5.74, 6) is -3.10. The van der Waals surface area contributed by atoms with Gasteiger partial charge in [-0.3, -0.25) is 17.8 Å². The van der Waals surface area contributed by atoms with Crippen molar-refractivity contribution in [1.82, 2.24) is 15.0 Å². The Morgan fingerprint density at radius 1 is 0.845 bits per heavy atom. The lowest BCUT2D eigenvalue weighted by Crippen LogP contribution is -2.29. The number of aromatic nitrogens is 3. The smallest absolute Gasteiger partial charge is 0.315 e. The number of benzene rings is 3. The van der Waals surface area contributed by atoms with Gasteiger partial charge in [-0.25, -0.2) is 18.9 Å². The summed E-state index contributed by atoms with van der Waals surface area (Å²) in [6.45, 7) is 0.419. The number of hydrogen-bond donors (Lipinski definition) is 7. The van der Waals surface area contributed by atoms with E-state index in [1.165, 1.54) is 7.05 Å². The van der Waals surface area contributed by atoms with E-state index < -0.39 is 123 Å². The SMILES string of the molecule is Cc1cc(S(=O)(=O)O)c(N=Nc2c(SOOO)cc3c(S(=O)(=O)O)c(Nc4nc(F)nc(N(C)CCS(=O)(=O)CCOSOOO)n4)ccc3c2O)cc1S(=O)(=O)O. The Bertz CT molecular complexity index is 2680. The summed E-state index contributed by atoms with van der Waals surface area (Å²) in [6.07, 6.45) is -1.42. The molecule has 7 N–H and O–H groups in total. The van der Waals surface area contributed by atoms with Gasteiger partial charge in [-0.05, 0) is 42.8 Å². The second-order valence-electron chi connectivity index (χ2n) is 11.0. The maximum atomic E-state index is 14.6. The molecule has 0 saturated carbocycles. The summed E-state index contributed by atoms with van der Waals surface area (Å²) in [5.41, 5.74) is -2.46. The molecule has 0 amide bonds. The third kappa shape index (κ3) is 12.0. The first-order valence-electron chi connectivity index (χ1n) is 14.8. The summed E-state index contributed by atoms with van der Waals surface area (Å²) in [4.78, 5) is 8.66. The number of aryl methyl sites for hydroxylation is 1. The van der Waals surface area contributed by atoms with Gasteiger partial charge in [0.15, 0.2) is 27.9 Å². The van der Waals surface area contributed by atoms with Gasteiger partial charge in [0.2, 0.25) is 11.9 Å². The van der Waals surface area contributed by atoms with Crippen molar-refractivity contribution in [3.8, 4) is 5.75 Å². The first-order chi connectivity index (χ1) is 27.0. The van der Waals surface area contributed by atoms with Crippen LogP contribution in [0.3, 0.4) is 0 Å². The van der Waals surface area contributed by atoms with Gasteiger partial charge in [0.25, 0.3) is 30.4 Å². The van der Waals surface area contributed by atoms with Gasteiger partial charge < -0.3 is 15.3 Å². The van der Waals surface area contributed by atoms with Crippen molar-refractivity contribution in [2.75, 3.05) is 41.9 Å². The van der Waals surface area contributed by atoms with Crippen LogP contribution >= 0.6 is 24.4 Å². The van der Waals surface area contributed by atoms with Crippen LogP contribution < -0.4 is 10.2 Å². The molecule has 1 heterocycles. The minimum atomic E-state index is -5.34. The standard InChI is InChI=1S/C25H26FN7O19S6/c1-12-9-19(57(42,43)44)16(11-18(12)56(39,40)41)31-32-20-17(53-51-49-35)10-14-13(21(20)34)3-4-15(22(14)58(45,46)47)27-24-28-23(26)29-25(30-24)33(2)5-7-55(37,38)8-6-48-54-52-50-36/h3-4,9-11,34-36H,5-8H2,1-2H3,(H,39,40,41)(H,42,43,44)(H,45,46,47)(H,27,28,29,30). The van der Waals surface area contributed by atoms with E-state index in [4.69, 9.17) is 14.7 Å². The zero-order valence-corrected chi connectivity index (χ0v) is 33.6. The topological polar surface area (TPSA) is 383 Å². The van der Waals surface area contributed by atoms with E-state index in [2.05, 4.69) is 49.2 Å². The number of sulfone groups is 1. The first kappa shape index (κ1) is 46.6. The van der Waals surface area contributed by atoms with E-state index in [-0.39, 0.29) is 43.1 Å². The minimum Gasteiger partial charge on any atom is -0.505 e. The van der Waals surface area contributed by atoms with Gasteiger partial charge in [0.1, 0.15) is 21.2 Å². The molecular formula is C25H26FN7O19S6. The van der Waals surface area contributed by atoms with Crippen molar-refractivity contribution < 1.29 is 90.3 Å². The molecule has 0 spiro atoms. The molecule has 0 aliphatic carbocycles. The summed E-state index contributed by atoms with van der Waals surface area (Å²) >= 11 is 0.203. The molecule has 0 radical (unpaired) electrons. The molecule has 0 aliphatic heterocycles. The van der Waals surface area contributed by atoms with Crippen LogP contribution in [0.15, 0.2) is 60.1 Å². The van der Waals surface area contributed by atoms with E-state index >= 15 is 0 Å². The molecule has 58 heavy (non-hydrogen) atoms. The van der Waals surface area contributed by atoms with Crippen LogP contribution in [-0.2, 0) is 63.1 Å². The van der Waals surface area contributed by atoms with E-state index in [1.54, 1.807) is 0 Å². The molecule has 1 aromatic heterocycles. The Kier molecular flexibility index (Phi) is 15.2. The van der Waals surface area contributed by atoms with Crippen LogP contribution in [0.25, 0.3) is 10.8 Å². The third-order valence-corrected chi connectivity index (χ3v) is 12.6. The highest BCUT2D eigenvalue weighted by Crippen LogP contribution is 2.47. The maximum absolute atomic E-state index is 14.6. The van der Waals surface area contributed by atoms with Crippen LogP contribution in [0.1, 0.15) is 5.56 Å². The van der Waals surface area contributed by atoms with Crippen molar-refractivity contribution in [2.45, 2.75) is 26.5 Å². The predicted molar refractivity (Wildman–Crippen MR) is 194 cm³/mol. The van der Waals surface area contributed by atoms with E-state index in [0.717, 1.165) is 30.0 Å². The fourth-order valence-electron chi connectivity index (χ4n) is 4.69. The van der Waals surface area contributed by atoms with Crippen molar-refractivity contribution in [3.05, 3.63) is 42.0 Å². The molecule has 33 heteroatoms. The Morgan fingerprint density at radius 2 is 1.52 bits per heavy atom. The first-order valence-corrected chi connectivity index (χ1v) is 22.3. The molecule has 3 aromatic carbocycles. The Balaban J connectivity index is 1.78. The minimum absolute atomic E-state index is 0.0356. The van der Waals surface area contributed by atoms with Gasteiger partial charge in [0, 0.05) is 24.4 Å². The number of nitrogens with one attached hydrogen (secondary N) is 1. The van der Waals surface area contributed by atoms with Gasteiger partial charge in [-0.2, -0.15) is 44.6 Å². The van der Waals surface area contributed by atoms with Crippen molar-refractivity contribution in [3.63, 3.8) is 0 Å². The highest BCUT2D eigenvalue weighted by atomic mass is 32.2. The second-order valence-corrected chi connectivity index (χ2v) is 18.7. The zero-order valence-electron chi connectivity index (χ0n) is 28.7. The zero-order chi connectivity index (χ0) is 43.2. The number of azo groups is 1. The van der Waals surface area contributed by atoms with Gasteiger partial charge in [-0.15, -0.1) is 18.9 Å². The van der Waals surface area contributed by atoms with Crippen LogP contribution in [0, 0.1) is 13.0 Å². The quantitative estimate of drug-likeness (QED) is 0.0167. The van der Waals surface area contributed by atoms with Crippen LogP contribution in [0.5, 0.6) is 5.75 Å². The Morgan fingerprint density at radius 3 is 2.14 bits per heavy atom. The van der Waals surface area contributed by atoms with Crippen LogP contribution in [0.4, 0.5) is 33.3 Å². The largest absolute Gasteiger partial charge is 0.505 e. The molecular weight excluding hydrogens is 914 g/mol. The lowest BCUT2D eigenvalue weighted by atomic mass is 10.1. The molecule has 26 nitrogen and oxygen atoms in total. The number of phenols is 1. The number of aromatic hydroxyl groups is 1. The molecule has 0 aliphatic rings. The number of halogens is 1. The lowest BCUT2D eigenvalue weighted by Gasteiger charge is -2.18. The van der Waals surface area contributed by atoms with E-state index in [9.17, 15) is 56.8 Å². The Hall–Kier alpha value is -4.04. The lowest BCUT2D eigenvalue weighted by molar-refractivity contribution is -0.434. The molecule has 0 atom stereocenters. The Labute approximate surface area is 334 Å². The number of hydrogen-bond acceptors (Lipinski definition) is 25. The van der Waals surface area contributed by atoms with Crippen LogP contribution in [-0.4, -0.2) is 110 Å². The molecule has 0 bridgehead atoms. The van der Waals surface area contributed by atoms with Crippen molar-refractivity contribution in [2.24, 2.45) is 10.2 Å². The number of anilines is 3. The third-order valence-electron chi connectivity index (χ3n) is 7.17. The summed E-state index contributed by atoms with van der Waals surface area (Å²) in [7, 11) is -17.9. The summed E-state index contributed by atoms with van der Waals surface area (Å²) < 4.78 is 156. The van der Waals surface area contributed by atoms with Crippen LogP contribution in [0.2, 0.25) is 0 Å². The second kappa shape index (κ2) is 18.9. The number of fused-ring (bicyclic) bond motifs is 1. The fraction of sp³-hybridized carbons (Fsp3) is 0.240. The average molecular weight is 940 g/mol. The summed E-state index contributed by atoms with van der Waals surface area (Å²) in [6, 6.07) is 4.02. The van der Waals surface area contributed by atoms with Gasteiger partial charge in [-0.1, -0.05) is 10.1 Å². The highest BCUT2D eigenvalue weighted by molar-refractivity contribution is 7.94. The van der Waals surface area contributed by atoms with Gasteiger partial charge in [0.05, 0.1) is 45.6 Å². The number of phenolic OH excluding ortho intramolecular Hbond substituents is 1. The molecule has 0 unspecified atom stereocenters. The average Bonchev–Trinajstić information content (AvgIpc) is 3.11. The highest BCUT2D eigenvalue weighted by Gasteiger charge is 2.27. The predicted octanol–water partition coefficient (Wildman–Crippen LogP) is 3.36. The number of rotatable bonds is 20. The fourth-order valence-corrected chi connectivity index (χ4v) is 8.85.